The summed E-state index contributed by atoms with van der Waals surface area (Å²) in [6.45, 7) is 0.345. The number of H-pyrrole nitrogens is 1. The number of benzene rings is 3. The molecule has 7 nitrogen and oxygen atoms in total. The lowest BCUT2D eigenvalue weighted by Gasteiger charge is -2.30. The van der Waals surface area contributed by atoms with Crippen molar-refractivity contribution in [3.05, 3.63) is 111 Å². The number of aryl methyl sites for hydroxylation is 1. The van der Waals surface area contributed by atoms with Gasteiger partial charge in [0.05, 0.1) is 21.8 Å². The molecule has 0 fully saturated rings. The standard InChI is InChI=1S/C27H20FN3O4S2/c28-19-12-10-18(11-13-19)24-16-22-25(36-24)26(32)31(27(33)29-22)20-7-3-8-21(15-20)37(34,35)30-14-4-6-17-5-1-2-9-23(17)30/h1-3,5,7-13,15-16H,4,6,14H2,(H,29,33). The topological polar surface area (TPSA) is 92.2 Å². The molecule has 10 heteroatoms. The molecule has 0 radical (unpaired) electrons. The molecule has 3 aromatic carbocycles. The third-order valence-corrected chi connectivity index (χ3v) is 9.42. The molecule has 0 spiro atoms. The molecule has 0 bridgehead atoms. The number of fused-ring (bicyclic) bond motifs is 2. The van der Waals surface area contributed by atoms with E-state index in [4.69, 9.17) is 0 Å². The molecule has 0 saturated carbocycles. The van der Waals surface area contributed by atoms with Crippen molar-refractivity contribution in [1.82, 2.24) is 9.55 Å². The van der Waals surface area contributed by atoms with E-state index < -0.39 is 21.3 Å². The van der Waals surface area contributed by atoms with Gasteiger partial charge in [-0.05, 0) is 66.4 Å². The van der Waals surface area contributed by atoms with E-state index in [9.17, 15) is 22.4 Å². The van der Waals surface area contributed by atoms with Gasteiger partial charge >= 0.3 is 5.69 Å². The third-order valence-electron chi connectivity index (χ3n) is 6.43. The number of halogens is 1. The average molecular weight is 534 g/mol. The number of aromatic amines is 1. The predicted octanol–water partition coefficient (Wildman–Crippen LogP) is 4.69. The molecular weight excluding hydrogens is 513 g/mol. The number of sulfonamides is 1. The second-order valence-corrected chi connectivity index (χ2v) is 11.7. The minimum absolute atomic E-state index is 0.00807. The summed E-state index contributed by atoms with van der Waals surface area (Å²) in [6.07, 6.45) is 1.49. The summed E-state index contributed by atoms with van der Waals surface area (Å²) in [4.78, 5) is 29.8. The normalized spacial score (nSPS) is 13.6. The smallest absolute Gasteiger partial charge is 0.306 e. The molecule has 1 N–H and O–H groups in total. The molecule has 1 aliphatic rings. The number of aromatic nitrogens is 2. The maximum Gasteiger partial charge on any atom is 0.333 e. The van der Waals surface area contributed by atoms with Crippen molar-refractivity contribution in [3.63, 3.8) is 0 Å². The SMILES string of the molecule is O=c1[nH]c2cc(-c3ccc(F)cc3)sc2c(=O)n1-c1cccc(S(=O)(=O)N2CCCc3ccccc32)c1. The zero-order chi connectivity index (χ0) is 25.7. The highest BCUT2D eigenvalue weighted by molar-refractivity contribution is 7.92. The molecule has 0 amide bonds. The molecule has 3 heterocycles. The predicted molar refractivity (Wildman–Crippen MR) is 143 cm³/mol. The van der Waals surface area contributed by atoms with Crippen molar-refractivity contribution in [3.8, 4) is 16.1 Å². The largest absolute Gasteiger partial charge is 0.333 e. The molecule has 37 heavy (non-hydrogen) atoms. The first kappa shape index (κ1) is 23.4. The number of anilines is 1. The number of nitrogens with zero attached hydrogens (tertiary/aromatic N) is 2. The minimum Gasteiger partial charge on any atom is -0.306 e. The summed E-state index contributed by atoms with van der Waals surface area (Å²) in [6, 6.07) is 20.8. The van der Waals surface area contributed by atoms with Crippen LogP contribution in [0.3, 0.4) is 0 Å². The first-order valence-electron chi connectivity index (χ1n) is 11.6. The molecular formula is C27H20FN3O4S2. The first-order chi connectivity index (χ1) is 17.8. The Balaban J connectivity index is 1.45. The summed E-state index contributed by atoms with van der Waals surface area (Å²) < 4.78 is 43.2. The molecule has 6 rings (SSSR count). The van der Waals surface area contributed by atoms with Crippen LogP contribution in [0.15, 0.2) is 93.3 Å². The van der Waals surface area contributed by atoms with Crippen molar-refractivity contribution in [2.45, 2.75) is 17.7 Å². The van der Waals surface area contributed by atoms with Crippen molar-refractivity contribution < 1.29 is 12.8 Å². The van der Waals surface area contributed by atoms with Gasteiger partial charge in [-0.25, -0.2) is 22.2 Å². The van der Waals surface area contributed by atoms with Gasteiger partial charge in [0.2, 0.25) is 0 Å². The summed E-state index contributed by atoms with van der Waals surface area (Å²) >= 11 is 1.17. The van der Waals surface area contributed by atoms with Gasteiger partial charge in [-0.2, -0.15) is 0 Å². The fourth-order valence-corrected chi connectivity index (χ4v) is 7.29. The van der Waals surface area contributed by atoms with Crippen LogP contribution in [0.4, 0.5) is 10.1 Å². The van der Waals surface area contributed by atoms with Crippen molar-refractivity contribution in [1.29, 1.82) is 0 Å². The van der Waals surface area contributed by atoms with Crippen LogP contribution in [0.1, 0.15) is 12.0 Å². The minimum atomic E-state index is -3.93. The van der Waals surface area contributed by atoms with Crippen molar-refractivity contribution in [2.24, 2.45) is 0 Å². The molecule has 0 aliphatic carbocycles. The number of hydrogen-bond acceptors (Lipinski definition) is 5. The highest BCUT2D eigenvalue weighted by Gasteiger charge is 2.29. The van der Waals surface area contributed by atoms with Crippen LogP contribution < -0.4 is 15.6 Å². The zero-order valence-corrected chi connectivity index (χ0v) is 21.0. The van der Waals surface area contributed by atoms with E-state index in [2.05, 4.69) is 4.98 Å². The van der Waals surface area contributed by atoms with Crippen LogP contribution in [0.5, 0.6) is 0 Å². The lowest BCUT2D eigenvalue weighted by atomic mass is 10.0. The Morgan fingerprint density at radius 1 is 0.919 bits per heavy atom. The van der Waals surface area contributed by atoms with Crippen LogP contribution >= 0.6 is 11.3 Å². The number of para-hydroxylation sites is 1. The van der Waals surface area contributed by atoms with Gasteiger partial charge in [-0.1, -0.05) is 36.4 Å². The maximum atomic E-state index is 13.6. The molecule has 0 unspecified atom stereocenters. The molecule has 0 saturated heterocycles. The number of rotatable bonds is 4. The van der Waals surface area contributed by atoms with Crippen LogP contribution in [0, 0.1) is 5.82 Å². The summed E-state index contributed by atoms with van der Waals surface area (Å²) in [5.41, 5.74) is 1.59. The number of thiophene rings is 1. The molecule has 5 aromatic rings. The van der Waals surface area contributed by atoms with Gasteiger partial charge in [0, 0.05) is 11.4 Å². The molecule has 2 aromatic heterocycles. The summed E-state index contributed by atoms with van der Waals surface area (Å²) in [5, 5.41) is 0. The van der Waals surface area contributed by atoms with Gasteiger partial charge < -0.3 is 4.98 Å². The maximum absolute atomic E-state index is 13.6. The van der Waals surface area contributed by atoms with Gasteiger partial charge in [0.15, 0.2) is 0 Å². The van der Waals surface area contributed by atoms with E-state index >= 15 is 0 Å². The van der Waals surface area contributed by atoms with Gasteiger partial charge in [0.25, 0.3) is 15.6 Å². The monoisotopic (exact) mass is 533 g/mol. The number of nitrogens with one attached hydrogen (secondary N) is 1. The Hall–Kier alpha value is -4.02. The van der Waals surface area contributed by atoms with Crippen LogP contribution in [-0.4, -0.2) is 24.5 Å². The Morgan fingerprint density at radius 2 is 1.70 bits per heavy atom. The van der Waals surface area contributed by atoms with Crippen molar-refractivity contribution >= 4 is 37.3 Å². The Labute approximate surface area is 215 Å². The Morgan fingerprint density at radius 3 is 2.51 bits per heavy atom. The highest BCUT2D eigenvalue weighted by atomic mass is 32.2. The van der Waals surface area contributed by atoms with Crippen LogP contribution in [0.2, 0.25) is 0 Å². The average Bonchev–Trinajstić information content (AvgIpc) is 3.33. The van der Waals surface area contributed by atoms with E-state index in [-0.39, 0.29) is 16.4 Å². The lowest BCUT2D eigenvalue weighted by Crippen LogP contribution is -2.36. The van der Waals surface area contributed by atoms with E-state index in [1.165, 1.54) is 52.0 Å². The van der Waals surface area contributed by atoms with Gasteiger partial charge in [0.1, 0.15) is 10.5 Å². The quantitative estimate of drug-likeness (QED) is 0.363. The van der Waals surface area contributed by atoms with E-state index in [0.29, 0.717) is 39.3 Å². The third kappa shape index (κ3) is 3.98. The Kier molecular flexibility index (Phi) is 5.58. The first-order valence-corrected chi connectivity index (χ1v) is 13.8. The molecule has 186 valence electrons. The fraction of sp³-hybridized carbons (Fsp3) is 0.111. The van der Waals surface area contributed by atoms with Crippen LogP contribution in [-0.2, 0) is 16.4 Å². The van der Waals surface area contributed by atoms with Gasteiger partial charge in [-0.15, -0.1) is 11.3 Å². The van der Waals surface area contributed by atoms with E-state index in [1.54, 1.807) is 30.3 Å². The van der Waals surface area contributed by atoms with E-state index in [1.807, 2.05) is 12.1 Å². The second kappa shape index (κ2) is 8.82. The molecule has 1 aliphatic heterocycles. The highest BCUT2D eigenvalue weighted by Crippen LogP contribution is 2.33. The van der Waals surface area contributed by atoms with Crippen LogP contribution in [0.25, 0.3) is 26.3 Å². The lowest BCUT2D eigenvalue weighted by molar-refractivity contribution is 0.586. The zero-order valence-electron chi connectivity index (χ0n) is 19.3. The fourth-order valence-electron chi connectivity index (χ4n) is 4.66. The van der Waals surface area contributed by atoms with Crippen molar-refractivity contribution in [2.75, 3.05) is 10.8 Å². The number of hydrogen-bond donors (Lipinski definition) is 1. The summed E-state index contributed by atoms with van der Waals surface area (Å²) in [5.74, 6) is -0.372. The van der Waals surface area contributed by atoms with Gasteiger partial charge in [-0.3, -0.25) is 9.10 Å². The second-order valence-electron chi connectivity index (χ2n) is 8.74. The van der Waals surface area contributed by atoms with E-state index in [0.717, 1.165) is 16.6 Å². The molecule has 0 atom stereocenters. The summed E-state index contributed by atoms with van der Waals surface area (Å²) in [7, 11) is -3.93. The Bertz CT molecular complexity index is 1890.